The lowest BCUT2D eigenvalue weighted by Crippen LogP contribution is -2.38. The molecule has 1 aliphatic heterocycles. The third-order valence-corrected chi connectivity index (χ3v) is 3.55. The Hall–Kier alpha value is -1.11. The zero-order valence-corrected chi connectivity index (χ0v) is 11.0. The lowest BCUT2D eigenvalue weighted by molar-refractivity contribution is 0.0724. The highest BCUT2D eigenvalue weighted by Gasteiger charge is 2.25. The predicted octanol–water partition coefficient (Wildman–Crippen LogP) is 0.785. The highest BCUT2D eigenvalue weighted by atomic mass is 35.5. The zero-order chi connectivity index (χ0) is 14.0. The van der Waals surface area contributed by atoms with E-state index < -0.39 is 12.9 Å². The van der Waals surface area contributed by atoms with Crippen LogP contribution >= 0.6 is 11.6 Å². The summed E-state index contributed by atoms with van der Waals surface area (Å²) in [4.78, 5) is 13.9. The fourth-order valence-electron chi connectivity index (χ4n) is 2.19. The Morgan fingerprint density at radius 1 is 1.26 bits per heavy atom. The van der Waals surface area contributed by atoms with Gasteiger partial charge < -0.3 is 14.9 Å². The summed E-state index contributed by atoms with van der Waals surface area (Å²) in [5.74, 6) is -1.14. The molecule has 1 aromatic carbocycles. The predicted molar refractivity (Wildman–Crippen MR) is 71.0 cm³/mol. The summed E-state index contributed by atoms with van der Waals surface area (Å²) in [5.41, 5.74) is -0.238. The summed E-state index contributed by atoms with van der Waals surface area (Å²) < 4.78 is 13.5. The minimum absolute atomic E-state index is 0.0162. The van der Waals surface area contributed by atoms with Crippen LogP contribution in [0.5, 0.6) is 0 Å². The first-order valence-corrected chi connectivity index (χ1v) is 6.53. The monoisotopic (exact) mass is 285 g/mol. The first-order chi connectivity index (χ1) is 9.00. The van der Waals surface area contributed by atoms with Crippen molar-refractivity contribution in [2.45, 2.75) is 19.3 Å². The van der Waals surface area contributed by atoms with Gasteiger partial charge in [-0.3, -0.25) is 4.79 Å². The van der Waals surface area contributed by atoms with Gasteiger partial charge in [-0.05, 0) is 31.4 Å². The molecule has 0 aliphatic carbocycles. The van der Waals surface area contributed by atoms with E-state index in [2.05, 4.69) is 0 Å². The van der Waals surface area contributed by atoms with Gasteiger partial charge in [0.25, 0.3) is 5.91 Å². The molecule has 0 spiro atoms. The highest BCUT2D eigenvalue weighted by Crippen LogP contribution is 2.20. The van der Waals surface area contributed by atoms with Gasteiger partial charge in [-0.1, -0.05) is 11.6 Å². The first kappa shape index (κ1) is 14.3. The molecule has 19 heavy (non-hydrogen) atoms. The van der Waals surface area contributed by atoms with E-state index in [0.717, 1.165) is 31.4 Å². The van der Waals surface area contributed by atoms with Gasteiger partial charge in [0.05, 0.1) is 10.6 Å². The second-order valence-corrected chi connectivity index (χ2v) is 4.99. The Morgan fingerprint density at radius 2 is 1.89 bits per heavy atom. The molecule has 1 saturated heterocycles. The summed E-state index contributed by atoms with van der Waals surface area (Å²) in [7, 11) is -1.97. The van der Waals surface area contributed by atoms with E-state index in [-0.39, 0.29) is 22.0 Å². The summed E-state index contributed by atoms with van der Waals surface area (Å²) in [6.07, 6.45) is 2.95. The fourth-order valence-corrected chi connectivity index (χ4v) is 2.43. The molecule has 1 heterocycles. The molecule has 0 aromatic heterocycles. The van der Waals surface area contributed by atoms with Crippen LogP contribution in [0.1, 0.15) is 29.6 Å². The number of carbonyl (C=O) groups is 1. The van der Waals surface area contributed by atoms with Crippen LogP contribution in [-0.4, -0.2) is 41.1 Å². The standard InChI is InChI=1S/C12H14BClFNO3/c14-10-7-11(15)9(13(18)19)6-8(10)12(17)16-4-2-1-3-5-16/h6-7,18-19H,1-5H2. The van der Waals surface area contributed by atoms with Crippen molar-refractivity contribution in [3.05, 3.63) is 28.5 Å². The van der Waals surface area contributed by atoms with Crippen LogP contribution in [0.4, 0.5) is 4.39 Å². The fraction of sp³-hybridized carbons (Fsp3) is 0.417. The maximum absolute atomic E-state index is 13.5. The molecule has 1 aliphatic rings. The van der Waals surface area contributed by atoms with Gasteiger partial charge in [0.1, 0.15) is 5.82 Å². The van der Waals surface area contributed by atoms with E-state index in [0.29, 0.717) is 13.1 Å². The summed E-state index contributed by atoms with van der Waals surface area (Å²) in [6, 6.07) is 2.05. The smallest absolute Gasteiger partial charge is 0.423 e. The van der Waals surface area contributed by atoms with E-state index in [1.54, 1.807) is 4.90 Å². The van der Waals surface area contributed by atoms with Crippen LogP contribution in [0.2, 0.25) is 5.02 Å². The Kier molecular flexibility index (Phi) is 4.44. The molecule has 0 bridgehead atoms. The first-order valence-electron chi connectivity index (χ1n) is 6.15. The molecule has 0 atom stereocenters. The quantitative estimate of drug-likeness (QED) is 0.790. The van der Waals surface area contributed by atoms with Crippen LogP contribution in [-0.2, 0) is 0 Å². The normalized spacial score (nSPS) is 15.5. The van der Waals surface area contributed by atoms with Crippen molar-refractivity contribution in [2.24, 2.45) is 0 Å². The number of benzene rings is 1. The van der Waals surface area contributed by atoms with Crippen LogP contribution in [0, 0.1) is 5.82 Å². The number of likely N-dealkylation sites (tertiary alicyclic amines) is 1. The van der Waals surface area contributed by atoms with Crippen molar-refractivity contribution in [3.63, 3.8) is 0 Å². The van der Waals surface area contributed by atoms with Gasteiger partial charge in [-0.25, -0.2) is 4.39 Å². The number of rotatable bonds is 2. The Morgan fingerprint density at radius 3 is 2.47 bits per heavy atom. The molecule has 2 N–H and O–H groups in total. The average molecular weight is 286 g/mol. The van der Waals surface area contributed by atoms with Crippen molar-refractivity contribution < 1.29 is 19.2 Å². The van der Waals surface area contributed by atoms with E-state index >= 15 is 0 Å². The third kappa shape index (κ3) is 3.08. The number of piperidine rings is 1. The molecule has 1 amide bonds. The molecule has 102 valence electrons. The molecule has 0 unspecified atom stereocenters. The molecule has 7 heteroatoms. The lowest BCUT2D eigenvalue weighted by atomic mass is 9.79. The number of hydrogen-bond acceptors (Lipinski definition) is 3. The Labute approximate surface area is 115 Å². The molecule has 1 aromatic rings. The number of hydrogen-bond donors (Lipinski definition) is 2. The highest BCUT2D eigenvalue weighted by molar-refractivity contribution is 6.59. The number of nitrogens with zero attached hydrogens (tertiary/aromatic N) is 1. The minimum Gasteiger partial charge on any atom is -0.423 e. The zero-order valence-electron chi connectivity index (χ0n) is 10.3. The second-order valence-electron chi connectivity index (χ2n) is 4.58. The van der Waals surface area contributed by atoms with Crippen LogP contribution < -0.4 is 5.46 Å². The van der Waals surface area contributed by atoms with Gasteiger partial charge >= 0.3 is 7.12 Å². The van der Waals surface area contributed by atoms with Crippen molar-refractivity contribution in [1.82, 2.24) is 4.90 Å². The molecular weight excluding hydrogens is 271 g/mol. The van der Waals surface area contributed by atoms with E-state index in [9.17, 15) is 9.18 Å². The van der Waals surface area contributed by atoms with Crippen molar-refractivity contribution in [1.29, 1.82) is 0 Å². The lowest BCUT2D eigenvalue weighted by Gasteiger charge is -2.27. The van der Waals surface area contributed by atoms with Gasteiger partial charge in [0, 0.05) is 18.6 Å². The van der Waals surface area contributed by atoms with Gasteiger partial charge in [0.15, 0.2) is 0 Å². The Balaban J connectivity index is 2.32. The van der Waals surface area contributed by atoms with Crippen LogP contribution in [0.25, 0.3) is 0 Å². The van der Waals surface area contributed by atoms with E-state index in [1.165, 1.54) is 0 Å². The molecule has 1 fully saturated rings. The summed E-state index contributed by atoms with van der Waals surface area (Å²) in [5, 5.41) is 18.1. The average Bonchev–Trinajstić information content (AvgIpc) is 2.38. The number of halogens is 2. The largest absolute Gasteiger partial charge is 0.491 e. The van der Waals surface area contributed by atoms with Crippen LogP contribution in [0.15, 0.2) is 12.1 Å². The van der Waals surface area contributed by atoms with Gasteiger partial charge in [-0.15, -0.1) is 0 Å². The topological polar surface area (TPSA) is 60.8 Å². The van der Waals surface area contributed by atoms with Gasteiger partial charge in [-0.2, -0.15) is 0 Å². The maximum Gasteiger partial charge on any atom is 0.491 e. The number of amides is 1. The molecule has 4 nitrogen and oxygen atoms in total. The van der Waals surface area contributed by atoms with Crippen molar-refractivity contribution in [3.8, 4) is 0 Å². The SMILES string of the molecule is O=C(c1cc(B(O)O)c(F)cc1Cl)N1CCCCC1. The molecular formula is C12H14BClFNO3. The van der Waals surface area contributed by atoms with E-state index in [4.69, 9.17) is 21.6 Å². The second kappa shape index (κ2) is 5.90. The van der Waals surface area contributed by atoms with Gasteiger partial charge in [0.2, 0.25) is 0 Å². The number of carbonyl (C=O) groups excluding carboxylic acids is 1. The maximum atomic E-state index is 13.5. The van der Waals surface area contributed by atoms with Crippen molar-refractivity contribution in [2.75, 3.05) is 13.1 Å². The summed E-state index contributed by atoms with van der Waals surface area (Å²) in [6.45, 7) is 1.28. The Bertz CT molecular complexity index is 492. The summed E-state index contributed by atoms with van der Waals surface area (Å²) >= 11 is 5.87. The van der Waals surface area contributed by atoms with E-state index in [1.807, 2.05) is 0 Å². The van der Waals surface area contributed by atoms with Crippen molar-refractivity contribution >= 4 is 30.1 Å². The molecule has 2 rings (SSSR count). The molecule has 0 saturated carbocycles. The third-order valence-electron chi connectivity index (χ3n) is 3.24. The van der Waals surface area contributed by atoms with Crippen LogP contribution in [0.3, 0.4) is 0 Å². The minimum atomic E-state index is -1.97. The molecule has 0 radical (unpaired) electrons.